The zero-order valence-corrected chi connectivity index (χ0v) is 14.3. The lowest BCUT2D eigenvalue weighted by molar-refractivity contribution is 0.0847. The van der Waals surface area contributed by atoms with Gasteiger partial charge in [0.1, 0.15) is 11.3 Å². The molecule has 0 spiro atoms. The third kappa shape index (κ3) is 3.21. The van der Waals surface area contributed by atoms with E-state index in [0.717, 1.165) is 31.4 Å². The highest BCUT2D eigenvalue weighted by atomic mass is 19.1. The number of rotatable bonds is 4. The molecule has 3 rings (SSSR count). The largest absolute Gasteiger partial charge is 0.383 e. The summed E-state index contributed by atoms with van der Waals surface area (Å²) in [7, 11) is 1.71. The van der Waals surface area contributed by atoms with Crippen LogP contribution in [0.3, 0.4) is 0 Å². The number of methoxy groups -OCH3 is 1. The minimum Gasteiger partial charge on any atom is -0.383 e. The number of aromatic nitrogens is 1. The van der Waals surface area contributed by atoms with Gasteiger partial charge < -0.3 is 9.64 Å². The van der Waals surface area contributed by atoms with Gasteiger partial charge in [0, 0.05) is 62.2 Å². The van der Waals surface area contributed by atoms with Crippen molar-refractivity contribution in [2.75, 3.05) is 38.3 Å². The fraction of sp³-hybridized carbons (Fsp3) is 0.500. The molecule has 1 saturated heterocycles. The van der Waals surface area contributed by atoms with Crippen LogP contribution >= 0.6 is 0 Å². The van der Waals surface area contributed by atoms with E-state index < -0.39 is 11.6 Å². The average molecular weight is 335 g/mol. The van der Waals surface area contributed by atoms with Crippen molar-refractivity contribution in [3.05, 3.63) is 36.0 Å². The number of hydrogen-bond donors (Lipinski definition) is 0. The van der Waals surface area contributed by atoms with Crippen LogP contribution in [0, 0.1) is 11.6 Å². The van der Waals surface area contributed by atoms with Crippen LogP contribution in [-0.2, 0) is 4.74 Å². The quantitative estimate of drug-likeness (QED) is 0.859. The van der Waals surface area contributed by atoms with E-state index in [4.69, 9.17) is 4.74 Å². The first-order chi connectivity index (χ1) is 11.5. The number of pyridine rings is 1. The molecule has 1 fully saturated rings. The number of halogens is 2. The Morgan fingerprint density at radius 3 is 2.58 bits per heavy atom. The van der Waals surface area contributed by atoms with Crippen LogP contribution in [0.5, 0.6) is 0 Å². The van der Waals surface area contributed by atoms with Gasteiger partial charge in [-0.1, -0.05) is 0 Å². The zero-order chi connectivity index (χ0) is 17.3. The molecule has 1 aromatic heterocycles. The van der Waals surface area contributed by atoms with Crippen LogP contribution in [0.25, 0.3) is 10.9 Å². The molecule has 24 heavy (non-hydrogen) atoms. The maximum absolute atomic E-state index is 14.0. The van der Waals surface area contributed by atoms with Gasteiger partial charge in [0.25, 0.3) is 0 Å². The number of anilines is 1. The van der Waals surface area contributed by atoms with Crippen LogP contribution in [0.4, 0.5) is 14.5 Å². The molecule has 0 N–H and O–H groups in total. The first-order valence-electron chi connectivity index (χ1n) is 8.24. The molecule has 1 aliphatic rings. The standard InChI is InChI=1S/C18H23F2N3O/c1-12-10-22(11-13(2)23(12)6-7-24-3)17-4-5-21-18-15(17)8-14(19)9-16(18)20/h4-5,8-9,12-13H,6-7,10-11H2,1-3H3. The van der Waals surface area contributed by atoms with Crippen molar-refractivity contribution in [3.8, 4) is 0 Å². The third-order valence-electron chi connectivity index (χ3n) is 4.74. The molecule has 0 saturated carbocycles. The number of fused-ring (bicyclic) bond motifs is 1. The molecule has 2 unspecified atom stereocenters. The van der Waals surface area contributed by atoms with Gasteiger partial charge in [-0.25, -0.2) is 8.78 Å². The molecule has 4 nitrogen and oxygen atoms in total. The molecule has 0 bridgehead atoms. The van der Waals surface area contributed by atoms with Crippen molar-refractivity contribution in [1.82, 2.24) is 9.88 Å². The fourth-order valence-corrected chi connectivity index (χ4v) is 3.63. The van der Waals surface area contributed by atoms with Gasteiger partial charge in [-0.15, -0.1) is 0 Å². The zero-order valence-electron chi connectivity index (χ0n) is 14.3. The van der Waals surface area contributed by atoms with Crippen molar-refractivity contribution in [1.29, 1.82) is 0 Å². The number of piperazine rings is 1. The van der Waals surface area contributed by atoms with Crippen molar-refractivity contribution in [3.63, 3.8) is 0 Å². The first-order valence-corrected chi connectivity index (χ1v) is 8.24. The molecule has 6 heteroatoms. The van der Waals surface area contributed by atoms with Gasteiger partial charge in [-0.2, -0.15) is 0 Å². The lowest BCUT2D eigenvalue weighted by atomic mass is 10.1. The topological polar surface area (TPSA) is 28.6 Å². The molecule has 2 heterocycles. The van der Waals surface area contributed by atoms with E-state index in [-0.39, 0.29) is 5.52 Å². The van der Waals surface area contributed by atoms with Crippen LogP contribution < -0.4 is 4.90 Å². The molecule has 1 aliphatic heterocycles. The number of benzene rings is 1. The summed E-state index contributed by atoms with van der Waals surface area (Å²) in [5, 5.41) is 0.528. The summed E-state index contributed by atoms with van der Waals surface area (Å²) in [5.74, 6) is -1.19. The van der Waals surface area contributed by atoms with Crippen molar-refractivity contribution in [2.45, 2.75) is 25.9 Å². The first kappa shape index (κ1) is 17.0. The Labute approximate surface area is 141 Å². The van der Waals surface area contributed by atoms with E-state index in [1.807, 2.05) is 6.07 Å². The van der Waals surface area contributed by atoms with E-state index >= 15 is 0 Å². The second-order valence-corrected chi connectivity index (χ2v) is 6.45. The van der Waals surface area contributed by atoms with Crippen LogP contribution in [0.15, 0.2) is 24.4 Å². The van der Waals surface area contributed by atoms with Gasteiger partial charge in [0.05, 0.1) is 6.61 Å². The highest BCUT2D eigenvalue weighted by Crippen LogP contribution is 2.30. The SMILES string of the molecule is COCCN1C(C)CN(c2ccnc3c(F)cc(F)cc23)CC1C. The Kier molecular flexibility index (Phi) is 4.96. The van der Waals surface area contributed by atoms with Crippen LogP contribution in [0.2, 0.25) is 0 Å². The normalized spacial score (nSPS) is 22.3. The average Bonchev–Trinajstić information content (AvgIpc) is 2.53. The maximum Gasteiger partial charge on any atom is 0.152 e. The summed E-state index contributed by atoms with van der Waals surface area (Å²) in [5.41, 5.74) is 1.06. The molecule has 2 atom stereocenters. The smallest absolute Gasteiger partial charge is 0.152 e. The summed E-state index contributed by atoms with van der Waals surface area (Å²) in [6.07, 6.45) is 1.59. The number of hydrogen-bond acceptors (Lipinski definition) is 4. The molecular weight excluding hydrogens is 312 g/mol. The highest BCUT2D eigenvalue weighted by molar-refractivity contribution is 5.92. The molecule has 1 aromatic carbocycles. The van der Waals surface area contributed by atoms with E-state index in [1.165, 1.54) is 6.07 Å². The second kappa shape index (κ2) is 6.99. The van der Waals surface area contributed by atoms with Gasteiger partial charge in [-0.3, -0.25) is 9.88 Å². The summed E-state index contributed by atoms with van der Waals surface area (Å²) in [6.45, 7) is 7.51. The maximum atomic E-state index is 14.0. The van der Waals surface area contributed by atoms with E-state index in [0.29, 0.717) is 24.1 Å². The van der Waals surface area contributed by atoms with E-state index in [9.17, 15) is 8.78 Å². The Hall–Kier alpha value is -1.79. The summed E-state index contributed by atoms with van der Waals surface area (Å²) in [4.78, 5) is 8.68. The Bertz CT molecular complexity index is 713. The van der Waals surface area contributed by atoms with E-state index in [1.54, 1.807) is 13.3 Å². The van der Waals surface area contributed by atoms with Crippen molar-refractivity contribution >= 4 is 16.6 Å². The predicted molar refractivity (Wildman–Crippen MR) is 91.4 cm³/mol. The fourth-order valence-electron chi connectivity index (χ4n) is 3.63. The minimum absolute atomic E-state index is 0.219. The number of nitrogens with zero attached hydrogens (tertiary/aromatic N) is 3. The summed E-state index contributed by atoms with van der Waals surface area (Å²) < 4.78 is 32.9. The molecule has 0 amide bonds. The van der Waals surface area contributed by atoms with Crippen molar-refractivity contribution < 1.29 is 13.5 Å². The third-order valence-corrected chi connectivity index (χ3v) is 4.74. The van der Waals surface area contributed by atoms with Gasteiger partial charge >= 0.3 is 0 Å². The lowest BCUT2D eigenvalue weighted by Crippen LogP contribution is -2.57. The summed E-state index contributed by atoms with van der Waals surface area (Å²) >= 11 is 0. The molecule has 0 radical (unpaired) electrons. The Balaban J connectivity index is 1.92. The minimum atomic E-state index is -0.619. The lowest BCUT2D eigenvalue weighted by Gasteiger charge is -2.45. The van der Waals surface area contributed by atoms with E-state index in [2.05, 4.69) is 28.6 Å². The Morgan fingerprint density at radius 2 is 1.92 bits per heavy atom. The highest BCUT2D eigenvalue weighted by Gasteiger charge is 2.30. The second-order valence-electron chi connectivity index (χ2n) is 6.45. The van der Waals surface area contributed by atoms with Crippen LogP contribution in [-0.4, -0.2) is 55.3 Å². The number of ether oxygens (including phenoxy) is 1. The Morgan fingerprint density at radius 1 is 1.21 bits per heavy atom. The molecule has 2 aromatic rings. The summed E-state index contributed by atoms with van der Waals surface area (Å²) in [6, 6.07) is 4.74. The predicted octanol–water partition coefficient (Wildman–Crippen LogP) is 3.06. The van der Waals surface area contributed by atoms with Crippen molar-refractivity contribution in [2.24, 2.45) is 0 Å². The molecular formula is C18H23F2N3O. The van der Waals surface area contributed by atoms with Gasteiger partial charge in [-0.05, 0) is 26.0 Å². The van der Waals surface area contributed by atoms with Crippen LogP contribution in [0.1, 0.15) is 13.8 Å². The van der Waals surface area contributed by atoms with Gasteiger partial charge in [0.2, 0.25) is 0 Å². The molecule has 0 aliphatic carbocycles. The van der Waals surface area contributed by atoms with Gasteiger partial charge in [0.15, 0.2) is 5.82 Å². The monoisotopic (exact) mass is 335 g/mol. The molecule has 130 valence electrons.